The van der Waals surface area contributed by atoms with Crippen LogP contribution in [-0.2, 0) is 29.1 Å². The van der Waals surface area contributed by atoms with Crippen LogP contribution in [0, 0.1) is 6.92 Å². The highest BCUT2D eigenvalue weighted by molar-refractivity contribution is 14.0. The Morgan fingerprint density at radius 1 is 1.39 bits per heavy atom. The number of hydrogen-bond donors (Lipinski definition) is 2. The number of rotatable bonds is 9. The van der Waals surface area contributed by atoms with Crippen molar-refractivity contribution in [2.45, 2.75) is 63.8 Å². The minimum absolute atomic E-state index is 0. The van der Waals surface area contributed by atoms with Crippen molar-refractivity contribution in [1.29, 1.82) is 0 Å². The number of aliphatic imine (C=N–C) groups is 1. The summed E-state index contributed by atoms with van der Waals surface area (Å²) in [5, 5.41) is 15.5. The van der Waals surface area contributed by atoms with E-state index in [1.54, 1.807) is 7.11 Å². The molecular formula is C18H35IN6O2S. The number of nitrogens with zero attached hydrogens (tertiary/aromatic N) is 4. The van der Waals surface area contributed by atoms with E-state index >= 15 is 0 Å². The van der Waals surface area contributed by atoms with Gasteiger partial charge in [-0.3, -0.25) is 4.21 Å². The molecule has 0 radical (unpaired) electrons. The Kier molecular flexibility index (Phi) is 12.2. The molecule has 162 valence electrons. The van der Waals surface area contributed by atoms with Gasteiger partial charge in [-0.1, -0.05) is 13.3 Å². The molecule has 1 heterocycles. The van der Waals surface area contributed by atoms with Crippen molar-refractivity contribution >= 4 is 40.7 Å². The lowest BCUT2D eigenvalue weighted by atomic mass is 9.95. The molecule has 0 saturated heterocycles. The molecule has 10 heteroatoms. The topological polar surface area (TPSA) is 93.4 Å². The Bertz CT molecular complexity index is 640. The average Bonchev–Trinajstić information content (AvgIpc) is 3.00. The zero-order chi connectivity index (χ0) is 19.6. The maximum atomic E-state index is 12.2. The van der Waals surface area contributed by atoms with E-state index in [4.69, 9.17) is 9.73 Å². The van der Waals surface area contributed by atoms with Gasteiger partial charge in [0.1, 0.15) is 12.4 Å². The Labute approximate surface area is 188 Å². The summed E-state index contributed by atoms with van der Waals surface area (Å²) >= 11 is 0. The van der Waals surface area contributed by atoms with Gasteiger partial charge in [-0.05, 0) is 32.6 Å². The van der Waals surface area contributed by atoms with Crippen LogP contribution >= 0.6 is 24.0 Å². The first kappa shape index (κ1) is 25.3. The summed E-state index contributed by atoms with van der Waals surface area (Å²) in [6.45, 7) is 5.89. The van der Waals surface area contributed by atoms with Crippen molar-refractivity contribution in [1.82, 2.24) is 25.4 Å². The number of halogens is 1. The molecule has 0 aromatic carbocycles. The molecular weight excluding hydrogens is 491 g/mol. The first-order valence-electron chi connectivity index (χ1n) is 9.81. The summed E-state index contributed by atoms with van der Waals surface area (Å²) in [4.78, 5) is 4.70. The van der Waals surface area contributed by atoms with Crippen LogP contribution in [0.2, 0.25) is 0 Å². The van der Waals surface area contributed by atoms with Crippen LogP contribution in [0.3, 0.4) is 0 Å². The van der Waals surface area contributed by atoms with Gasteiger partial charge in [0.2, 0.25) is 0 Å². The Hall–Kier alpha value is -0.750. The second-order valence-electron chi connectivity index (χ2n) is 6.96. The van der Waals surface area contributed by atoms with Gasteiger partial charge in [0.05, 0.1) is 0 Å². The zero-order valence-electron chi connectivity index (χ0n) is 17.4. The molecule has 1 aliphatic rings. The van der Waals surface area contributed by atoms with Gasteiger partial charge >= 0.3 is 0 Å². The summed E-state index contributed by atoms with van der Waals surface area (Å²) in [5.74, 6) is 3.22. The van der Waals surface area contributed by atoms with Crippen molar-refractivity contribution in [3.63, 3.8) is 0 Å². The van der Waals surface area contributed by atoms with E-state index in [9.17, 15) is 4.21 Å². The molecule has 1 fully saturated rings. The fourth-order valence-corrected chi connectivity index (χ4v) is 4.61. The summed E-state index contributed by atoms with van der Waals surface area (Å²) in [7, 11) is 2.93. The highest BCUT2D eigenvalue weighted by Gasteiger charge is 2.26. The number of ether oxygens (including phenoxy) is 1. The average molecular weight is 526 g/mol. The van der Waals surface area contributed by atoms with Gasteiger partial charge < -0.3 is 19.9 Å². The second kappa shape index (κ2) is 13.5. The third-order valence-electron chi connectivity index (χ3n) is 5.00. The van der Waals surface area contributed by atoms with E-state index in [1.165, 1.54) is 0 Å². The Balaban J connectivity index is 0.00000392. The maximum Gasteiger partial charge on any atom is 0.191 e. The molecule has 2 rings (SSSR count). The summed E-state index contributed by atoms with van der Waals surface area (Å²) in [6, 6.07) is 0.300. The molecule has 2 N–H and O–H groups in total. The fraction of sp³-hybridized carbons (Fsp3) is 0.833. The minimum Gasteiger partial charge on any atom is -0.385 e. The van der Waals surface area contributed by atoms with E-state index in [-0.39, 0.29) is 29.2 Å². The Morgan fingerprint density at radius 2 is 2.18 bits per heavy atom. The molecule has 1 aromatic heterocycles. The zero-order valence-corrected chi connectivity index (χ0v) is 20.6. The SMILES string of the molecule is CCS(=O)C1CCCC(NC(=NCc2nnc(C)n2C)NCCCOC)C1.I. The predicted octanol–water partition coefficient (Wildman–Crippen LogP) is 1.89. The quantitative estimate of drug-likeness (QED) is 0.221. The van der Waals surface area contributed by atoms with E-state index < -0.39 is 10.8 Å². The standard InChI is InChI=1S/C18H34N6O2S.HI/c1-5-27(25)16-9-6-8-15(12-16)21-18(19-10-7-11-26-4)20-13-17-23-22-14(2)24(17)3;/h15-16H,5-13H2,1-4H3,(H2,19,20,21);1H. The number of guanidine groups is 1. The summed E-state index contributed by atoms with van der Waals surface area (Å²) < 4.78 is 19.3. The molecule has 1 saturated carbocycles. The molecule has 3 atom stereocenters. The lowest BCUT2D eigenvalue weighted by Gasteiger charge is -2.30. The Morgan fingerprint density at radius 3 is 2.82 bits per heavy atom. The van der Waals surface area contributed by atoms with E-state index in [0.29, 0.717) is 19.2 Å². The number of aromatic nitrogens is 3. The highest BCUT2D eigenvalue weighted by Crippen LogP contribution is 2.23. The van der Waals surface area contributed by atoms with Crippen LogP contribution in [0.15, 0.2) is 4.99 Å². The molecule has 0 amide bonds. The lowest BCUT2D eigenvalue weighted by Crippen LogP contribution is -2.47. The molecule has 0 spiro atoms. The van der Waals surface area contributed by atoms with Crippen molar-refractivity contribution in [3.05, 3.63) is 11.6 Å². The van der Waals surface area contributed by atoms with Gasteiger partial charge in [-0.25, -0.2) is 4.99 Å². The molecule has 3 unspecified atom stereocenters. The molecule has 0 bridgehead atoms. The van der Waals surface area contributed by atoms with Gasteiger partial charge in [-0.2, -0.15) is 0 Å². The van der Waals surface area contributed by atoms with Crippen molar-refractivity contribution < 1.29 is 8.95 Å². The smallest absolute Gasteiger partial charge is 0.191 e. The maximum absolute atomic E-state index is 12.2. The van der Waals surface area contributed by atoms with E-state index in [0.717, 1.165) is 62.0 Å². The first-order valence-corrected chi connectivity index (χ1v) is 11.2. The molecule has 8 nitrogen and oxygen atoms in total. The molecule has 1 aromatic rings. The minimum atomic E-state index is -0.729. The number of aryl methyl sites for hydroxylation is 1. The summed E-state index contributed by atoms with van der Waals surface area (Å²) in [6.07, 6.45) is 5.09. The third kappa shape index (κ3) is 7.94. The van der Waals surface area contributed by atoms with Crippen LogP contribution in [0.5, 0.6) is 0 Å². The monoisotopic (exact) mass is 526 g/mol. The lowest BCUT2D eigenvalue weighted by molar-refractivity contribution is 0.195. The molecule has 0 aliphatic heterocycles. The normalized spacial score (nSPS) is 21.1. The largest absolute Gasteiger partial charge is 0.385 e. The van der Waals surface area contributed by atoms with Gasteiger partial charge in [0.25, 0.3) is 0 Å². The number of methoxy groups -OCH3 is 1. The molecule has 28 heavy (non-hydrogen) atoms. The fourth-order valence-electron chi connectivity index (χ4n) is 3.26. The van der Waals surface area contributed by atoms with Crippen LogP contribution in [0.25, 0.3) is 0 Å². The van der Waals surface area contributed by atoms with Gasteiger partial charge in [-0.15, -0.1) is 34.2 Å². The van der Waals surface area contributed by atoms with Crippen molar-refractivity contribution in [3.8, 4) is 0 Å². The van der Waals surface area contributed by atoms with Crippen LogP contribution in [0.1, 0.15) is 50.7 Å². The third-order valence-corrected chi connectivity index (χ3v) is 6.74. The second-order valence-corrected chi connectivity index (χ2v) is 8.97. The molecule has 1 aliphatic carbocycles. The highest BCUT2D eigenvalue weighted by atomic mass is 127. The summed E-state index contributed by atoms with van der Waals surface area (Å²) in [5.41, 5.74) is 0. The van der Waals surface area contributed by atoms with Crippen molar-refractivity contribution in [2.24, 2.45) is 12.0 Å². The van der Waals surface area contributed by atoms with E-state index in [1.807, 2.05) is 25.5 Å². The van der Waals surface area contributed by atoms with Crippen molar-refractivity contribution in [2.75, 3.05) is 26.0 Å². The predicted molar refractivity (Wildman–Crippen MR) is 125 cm³/mol. The van der Waals surface area contributed by atoms with Crippen LogP contribution in [-0.4, -0.2) is 62.2 Å². The van der Waals surface area contributed by atoms with E-state index in [2.05, 4.69) is 20.8 Å². The van der Waals surface area contributed by atoms with Gasteiger partial charge in [0, 0.05) is 55.2 Å². The number of nitrogens with one attached hydrogen (secondary N) is 2. The first-order chi connectivity index (χ1) is 13.0. The van der Waals surface area contributed by atoms with Crippen LogP contribution in [0.4, 0.5) is 0 Å². The van der Waals surface area contributed by atoms with Crippen LogP contribution < -0.4 is 10.6 Å². The number of hydrogen-bond acceptors (Lipinski definition) is 5. The van der Waals surface area contributed by atoms with Gasteiger partial charge in [0.15, 0.2) is 11.8 Å².